The molecule has 2 rings (SSSR count). The molecule has 1 N–H and O–H groups in total. The number of halogens is 2. The molecular weight excluding hydrogens is 327 g/mol. The van der Waals surface area contributed by atoms with Crippen LogP contribution in [-0.4, -0.2) is 24.0 Å². The zero-order valence-corrected chi connectivity index (χ0v) is 13.4. The number of esters is 1. The molecule has 0 heterocycles. The molecule has 1 saturated carbocycles. The SMILES string of the molecule is C[C@](C#N)(NC(=O)COC(=O)c1ccc(Cl)c(Cl)c1)C1CC1. The second kappa shape index (κ2) is 6.55. The molecule has 1 atom stereocenters. The Kier molecular flexibility index (Phi) is 4.94. The maximum absolute atomic E-state index is 11.8. The second-order valence-corrected chi connectivity index (χ2v) is 6.16. The van der Waals surface area contributed by atoms with Crippen LogP contribution in [0.5, 0.6) is 0 Å². The summed E-state index contributed by atoms with van der Waals surface area (Å²) in [7, 11) is 0. The van der Waals surface area contributed by atoms with Gasteiger partial charge in [0.2, 0.25) is 0 Å². The smallest absolute Gasteiger partial charge is 0.338 e. The van der Waals surface area contributed by atoms with E-state index in [-0.39, 0.29) is 16.5 Å². The van der Waals surface area contributed by atoms with Gasteiger partial charge in [0.15, 0.2) is 6.61 Å². The van der Waals surface area contributed by atoms with Crippen molar-refractivity contribution in [1.82, 2.24) is 5.32 Å². The number of nitriles is 1. The minimum absolute atomic E-state index is 0.159. The molecule has 1 aromatic rings. The molecule has 0 spiro atoms. The van der Waals surface area contributed by atoms with E-state index >= 15 is 0 Å². The number of carbonyl (C=O) groups excluding carboxylic acids is 2. The average molecular weight is 341 g/mol. The van der Waals surface area contributed by atoms with Crippen molar-refractivity contribution in [3.8, 4) is 6.07 Å². The van der Waals surface area contributed by atoms with Crippen LogP contribution in [-0.2, 0) is 9.53 Å². The van der Waals surface area contributed by atoms with E-state index in [0.29, 0.717) is 5.02 Å². The first kappa shape index (κ1) is 16.6. The van der Waals surface area contributed by atoms with Gasteiger partial charge >= 0.3 is 5.97 Å². The Balaban J connectivity index is 1.89. The molecule has 0 radical (unpaired) electrons. The fourth-order valence-electron chi connectivity index (χ4n) is 2.05. The topological polar surface area (TPSA) is 79.2 Å². The summed E-state index contributed by atoms with van der Waals surface area (Å²) in [6.07, 6.45) is 1.82. The van der Waals surface area contributed by atoms with Gasteiger partial charge in [-0.1, -0.05) is 23.2 Å². The van der Waals surface area contributed by atoms with Gasteiger partial charge in [0, 0.05) is 0 Å². The highest BCUT2D eigenvalue weighted by molar-refractivity contribution is 6.42. The Hall–Kier alpha value is -1.77. The van der Waals surface area contributed by atoms with Gasteiger partial charge in [-0.15, -0.1) is 0 Å². The second-order valence-electron chi connectivity index (χ2n) is 5.34. The summed E-state index contributed by atoms with van der Waals surface area (Å²) in [6, 6.07) is 6.40. The Morgan fingerprint density at radius 2 is 2.09 bits per heavy atom. The van der Waals surface area contributed by atoms with Crippen molar-refractivity contribution in [3.63, 3.8) is 0 Å². The lowest BCUT2D eigenvalue weighted by molar-refractivity contribution is -0.125. The molecule has 1 aromatic carbocycles. The fourth-order valence-corrected chi connectivity index (χ4v) is 2.34. The maximum atomic E-state index is 11.8. The van der Waals surface area contributed by atoms with Crippen LogP contribution in [0.3, 0.4) is 0 Å². The largest absolute Gasteiger partial charge is 0.452 e. The average Bonchev–Trinajstić information content (AvgIpc) is 3.32. The molecule has 1 aliphatic rings. The molecule has 22 heavy (non-hydrogen) atoms. The van der Waals surface area contributed by atoms with Gasteiger partial charge in [-0.3, -0.25) is 4.79 Å². The van der Waals surface area contributed by atoms with Crippen molar-refractivity contribution in [3.05, 3.63) is 33.8 Å². The van der Waals surface area contributed by atoms with Gasteiger partial charge < -0.3 is 10.1 Å². The van der Waals surface area contributed by atoms with E-state index in [1.807, 2.05) is 0 Å². The zero-order valence-electron chi connectivity index (χ0n) is 11.9. The molecule has 1 fully saturated rings. The number of hydrogen-bond acceptors (Lipinski definition) is 4. The Morgan fingerprint density at radius 1 is 1.41 bits per heavy atom. The quantitative estimate of drug-likeness (QED) is 0.835. The van der Waals surface area contributed by atoms with E-state index < -0.39 is 24.0 Å². The van der Waals surface area contributed by atoms with Crippen LogP contribution in [0.1, 0.15) is 30.1 Å². The van der Waals surface area contributed by atoms with Crippen LogP contribution in [0.2, 0.25) is 10.0 Å². The lowest BCUT2D eigenvalue weighted by Gasteiger charge is -2.22. The molecule has 116 valence electrons. The minimum atomic E-state index is -0.910. The standard InChI is InChI=1S/C15H14Cl2N2O3/c1-15(8-18,10-3-4-10)19-13(20)7-22-14(21)9-2-5-11(16)12(17)6-9/h2,5-6,10H,3-4,7H2,1H3,(H,19,20)/t15-/m1/s1. The first-order valence-electron chi connectivity index (χ1n) is 6.70. The molecule has 0 unspecified atom stereocenters. The highest BCUT2D eigenvalue weighted by atomic mass is 35.5. The molecule has 0 saturated heterocycles. The van der Waals surface area contributed by atoms with Crippen LogP contribution in [0, 0.1) is 17.2 Å². The van der Waals surface area contributed by atoms with E-state index in [9.17, 15) is 9.59 Å². The van der Waals surface area contributed by atoms with Gasteiger partial charge in [-0.05, 0) is 43.9 Å². The number of amides is 1. The van der Waals surface area contributed by atoms with Crippen molar-refractivity contribution in [2.75, 3.05) is 6.61 Å². The van der Waals surface area contributed by atoms with Gasteiger partial charge in [0.05, 0.1) is 21.7 Å². The van der Waals surface area contributed by atoms with E-state index in [0.717, 1.165) is 12.8 Å². The van der Waals surface area contributed by atoms with Gasteiger partial charge in [-0.2, -0.15) is 5.26 Å². The highest BCUT2D eigenvalue weighted by Gasteiger charge is 2.43. The first-order valence-corrected chi connectivity index (χ1v) is 7.46. The summed E-state index contributed by atoms with van der Waals surface area (Å²) in [5.41, 5.74) is -0.708. The number of hydrogen-bond donors (Lipinski definition) is 1. The Bertz CT molecular complexity index is 653. The molecule has 7 heteroatoms. The lowest BCUT2D eigenvalue weighted by Crippen LogP contribution is -2.48. The molecule has 0 aliphatic heterocycles. The normalized spacial score (nSPS) is 16.3. The molecular formula is C15H14Cl2N2O3. The van der Waals surface area contributed by atoms with E-state index in [1.165, 1.54) is 18.2 Å². The minimum Gasteiger partial charge on any atom is -0.452 e. The van der Waals surface area contributed by atoms with Gasteiger partial charge in [0.1, 0.15) is 5.54 Å². The van der Waals surface area contributed by atoms with Crippen LogP contribution in [0.4, 0.5) is 0 Å². The first-order chi connectivity index (χ1) is 10.4. The van der Waals surface area contributed by atoms with Crippen molar-refractivity contribution >= 4 is 35.1 Å². The molecule has 1 amide bonds. The summed E-state index contributed by atoms with van der Waals surface area (Å²) in [5.74, 6) is -1.03. The number of benzene rings is 1. The molecule has 0 aromatic heterocycles. The summed E-state index contributed by atoms with van der Waals surface area (Å²) in [5, 5.41) is 12.3. The molecule has 1 aliphatic carbocycles. The molecule has 5 nitrogen and oxygen atoms in total. The molecule has 0 bridgehead atoms. The van der Waals surface area contributed by atoms with Crippen molar-refractivity contribution in [2.45, 2.75) is 25.3 Å². The van der Waals surface area contributed by atoms with Gasteiger partial charge in [-0.25, -0.2) is 4.79 Å². The van der Waals surface area contributed by atoms with Gasteiger partial charge in [0.25, 0.3) is 5.91 Å². The third-order valence-corrected chi connectivity index (χ3v) is 4.25. The van der Waals surface area contributed by atoms with Crippen LogP contribution < -0.4 is 5.32 Å². The Morgan fingerprint density at radius 3 is 2.64 bits per heavy atom. The number of carbonyl (C=O) groups is 2. The number of nitrogens with one attached hydrogen (secondary N) is 1. The summed E-state index contributed by atoms with van der Waals surface area (Å²) >= 11 is 11.6. The predicted molar refractivity (Wildman–Crippen MR) is 81.6 cm³/mol. The van der Waals surface area contributed by atoms with E-state index in [4.69, 9.17) is 33.2 Å². The van der Waals surface area contributed by atoms with Crippen molar-refractivity contribution in [2.24, 2.45) is 5.92 Å². The fraction of sp³-hybridized carbons (Fsp3) is 0.400. The van der Waals surface area contributed by atoms with Crippen molar-refractivity contribution in [1.29, 1.82) is 5.26 Å². The number of nitrogens with zero attached hydrogens (tertiary/aromatic N) is 1. The summed E-state index contributed by atoms with van der Waals surface area (Å²) in [4.78, 5) is 23.6. The zero-order chi connectivity index (χ0) is 16.3. The highest BCUT2D eigenvalue weighted by Crippen LogP contribution is 2.39. The van der Waals surface area contributed by atoms with Crippen molar-refractivity contribution < 1.29 is 14.3 Å². The maximum Gasteiger partial charge on any atom is 0.338 e. The number of rotatable bonds is 5. The van der Waals surface area contributed by atoms with Crippen LogP contribution in [0.15, 0.2) is 18.2 Å². The monoisotopic (exact) mass is 340 g/mol. The predicted octanol–water partition coefficient (Wildman–Crippen LogP) is 2.96. The van der Waals surface area contributed by atoms with Crippen LogP contribution >= 0.6 is 23.2 Å². The third kappa shape index (κ3) is 3.90. The number of ether oxygens (including phenoxy) is 1. The van der Waals surface area contributed by atoms with E-state index in [2.05, 4.69) is 11.4 Å². The third-order valence-electron chi connectivity index (χ3n) is 3.51. The summed E-state index contributed by atoms with van der Waals surface area (Å²) in [6.45, 7) is 1.21. The summed E-state index contributed by atoms with van der Waals surface area (Å²) < 4.78 is 4.91. The van der Waals surface area contributed by atoms with E-state index in [1.54, 1.807) is 6.92 Å². The van der Waals surface area contributed by atoms with Crippen LogP contribution in [0.25, 0.3) is 0 Å². The Labute approximate surface area is 138 Å². The lowest BCUT2D eigenvalue weighted by atomic mass is 9.98.